The third kappa shape index (κ3) is 1.52. The van der Waals surface area contributed by atoms with Gasteiger partial charge < -0.3 is 10.4 Å². The molecule has 16 heavy (non-hydrogen) atoms. The number of carbonyl (C=O) groups excluding carboxylic acids is 1. The minimum Gasteiger partial charge on any atom is -0.480 e. The molecule has 2 heterocycles. The Morgan fingerprint density at radius 3 is 2.81 bits per heavy atom. The predicted molar refractivity (Wildman–Crippen MR) is 62.3 cm³/mol. The Morgan fingerprint density at radius 1 is 1.56 bits per heavy atom. The van der Waals surface area contributed by atoms with Crippen LogP contribution in [0.1, 0.15) is 26.7 Å². The summed E-state index contributed by atoms with van der Waals surface area (Å²) < 4.78 is 0. The lowest BCUT2D eigenvalue weighted by Crippen LogP contribution is -2.54. The van der Waals surface area contributed by atoms with Crippen molar-refractivity contribution in [3.8, 4) is 0 Å². The van der Waals surface area contributed by atoms with Gasteiger partial charge in [-0.1, -0.05) is 13.8 Å². The van der Waals surface area contributed by atoms with Crippen LogP contribution in [-0.2, 0) is 9.59 Å². The fourth-order valence-electron chi connectivity index (χ4n) is 2.83. The molecule has 0 aliphatic carbocycles. The van der Waals surface area contributed by atoms with Crippen molar-refractivity contribution < 1.29 is 14.7 Å². The molecule has 2 saturated heterocycles. The second kappa shape index (κ2) is 3.65. The van der Waals surface area contributed by atoms with Crippen LogP contribution in [0.25, 0.3) is 0 Å². The molecular formula is C11H17NO3S. The van der Waals surface area contributed by atoms with E-state index in [9.17, 15) is 14.7 Å². The number of hydrogen-bond donors (Lipinski definition) is 2. The van der Waals surface area contributed by atoms with Gasteiger partial charge in [0.1, 0.15) is 6.04 Å². The van der Waals surface area contributed by atoms with Gasteiger partial charge in [-0.25, -0.2) is 4.79 Å². The topological polar surface area (TPSA) is 66.4 Å². The van der Waals surface area contributed by atoms with Crippen molar-refractivity contribution in [2.75, 3.05) is 11.5 Å². The van der Waals surface area contributed by atoms with E-state index in [-0.39, 0.29) is 11.3 Å². The Balaban J connectivity index is 2.40. The SMILES string of the molecule is CC1(C)CCSCC12CC(=O)NC2C(=O)O. The van der Waals surface area contributed by atoms with Gasteiger partial charge in [0.25, 0.3) is 0 Å². The van der Waals surface area contributed by atoms with Crippen LogP contribution in [0.5, 0.6) is 0 Å². The van der Waals surface area contributed by atoms with Gasteiger partial charge in [-0.2, -0.15) is 11.8 Å². The molecule has 2 atom stereocenters. The predicted octanol–water partition coefficient (Wildman–Crippen LogP) is 1.11. The van der Waals surface area contributed by atoms with Crippen molar-refractivity contribution in [3.05, 3.63) is 0 Å². The maximum atomic E-state index is 11.5. The zero-order valence-electron chi connectivity index (χ0n) is 9.58. The van der Waals surface area contributed by atoms with Crippen LogP contribution < -0.4 is 5.32 Å². The van der Waals surface area contributed by atoms with E-state index in [0.29, 0.717) is 6.42 Å². The molecule has 5 heteroatoms. The molecule has 2 rings (SSSR count). The number of rotatable bonds is 1. The minimum absolute atomic E-state index is 0.0968. The van der Waals surface area contributed by atoms with E-state index in [4.69, 9.17) is 0 Å². The molecular weight excluding hydrogens is 226 g/mol. The zero-order valence-corrected chi connectivity index (χ0v) is 10.4. The van der Waals surface area contributed by atoms with Gasteiger partial charge in [-0.05, 0) is 17.6 Å². The number of thioether (sulfide) groups is 1. The smallest absolute Gasteiger partial charge is 0.326 e. The zero-order chi connectivity index (χ0) is 12.0. The highest BCUT2D eigenvalue weighted by atomic mass is 32.2. The van der Waals surface area contributed by atoms with Crippen molar-refractivity contribution in [3.63, 3.8) is 0 Å². The number of carboxylic acid groups (broad SMARTS) is 1. The molecule has 0 radical (unpaired) electrons. The summed E-state index contributed by atoms with van der Waals surface area (Å²) in [5.74, 6) is 0.787. The Morgan fingerprint density at radius 2 is 2.25 bits per heavy atom. The Bertz CT molecular complexity index is 342. The number of carbonyl (C=O) groups is 2. The monoisotopic (exact) mass is 243 g/mol. The highest BCUT2D eigenvalue weighted by molar-refractivity contribution is 7.99. The fourth-order valence-corrected chi connectivity index (χ4v) is 4.65. The Kier molecular flexibility index (Phi) is 2.69. The van der Waals surface area contributed by atoms with E-state index in [0.717, 1.165) is 17.9 Å². The minimum atomic E-state index is -0.901. The van der Waals surface area contributed by atoms with Gasteiger partial charge in [-0.15, -0.1) is 0 Å². The molecule has 2 fully saturated rings. The fraction of sp³-hybridized carbons (Fsp3) is 0.818. The average molecular weight is 243 g/mol. The summed E-state index contributed by atoms with van der Waals surface area (Å²) in [7, 11) is 0. The number of carboxylic acids is 1. The lowest BCUT2D eigenvalue weighted by molar-refractivity contribution is -0.144. The third-order valence-corrected chi connectivity index (χ3v) is 5.37. The normalized spacial score (nSPS) is 37.4. The van der Waals surface area contributed by atoms with Crippen LogP contribution in [0.4, 0.5) is 0 Å². The van der Waals surface area contributed by atoms with Crippen molar-refractivity contribution in [2.24, 2.45) is 10.8 Å². The largest absolute Gasteiger partial charge is 0.480 e. The quantitative estimate of drug-likeness (QED) is 0.724. The van der Waals surface area contributed by atoms with Crippen LogP contribution in [0.2, 0.25) is 0 Å². The highest BCUT2D eigenvalue weighted by Crippen LogP contribution is 2.54. The lowest BCUT2D eigenvalue weighted by atomic mass is 9.60. The first-order valence-electron chi connectivity index (χ1n) is 5.49. The molecule has 2 unspecified atom stereocenters. The van der Waals surface area contributed by atoms with Crippen molar-refractivity contribution in [1.82, 2.24) is 5.32 Å². The van der Waals surface area contributed by atoms with Gasteiger partial charge in [0.15, 0.2) is 0 Å². The standard InChI is InChI=1S/C11H17NO3S/c1-10(2)3-4-16-6-11(10)5-7(13)12-8(11)9(14)15/h8H,3-6H2,1-2H3,(H,12,13)(H,14,15). The van der Waals surface area contributed by atoms with E-state index < -0.39 is 17.4 Å². The van der Waals surface area contributed by atoms with E-state index >= 15 is 0 Å². The van der Waals surface area contributed by atoms with E-state index in [2.05, 4.69) is 19.2 Å². The molecule has 2 aliphatic rings. The Hall–Kier alpha value is -0.710. The van der Waals surface area contributed by atoms with Crippen LogP contribution in [0, 0.1) is 10.8 Å². The van der Waals surface area contributed by atoms with Crippen molar-refractivity contribution in [2.45, 2.75) is 32.7 Å². The number of nitrogens with one attached hydrogen (secondary N) is 1. The molecule has 0 aromatic heterocycles. The molecule has 4 nitrogen and oxygen atoms in total. The van der Waals surface area contributed by atoms with Gasteiger partial charge in [0, 0.05) is 17.6 Å². The van der Waals surface area contributed by atoms with Crippen molar-refractivity contribution >= 4 is 23.6 Å². The molecule has 1 spiro atoms. The number of aliphatic carboxylic acids is 1. The van der Waals surface area contributed by atoms with E-state index in [1.807, 2.05) is 0 Å². The van der Waals surface area contributed by atoms with E-state index in [1.165, 1.54) is 0 Å². The van der Waals surface area contributed by atoms with E-state index in [1.54, 1.807) is 11.8 Å². The summed E-state index contributed by atoms with van der Waals surface area (Å²) in [5, 5.41) is 11.9. The summed E-state index contributed by atoms with van der Waals surface area (Å²) in [5.41, 5.74) is -0.515. The highest BCUT2D eigenvalue weighted by Gasteiger charge is 2.59. The first kappa shape index (κ1) is 11.8. The second-order valence-electron chi connectivity index (χ2n) is 5.36. The molecule has 2 aliphatic heterocycles. The molecule has 0 aromatic carbocycles. The van der Waals surface area contributed by atoms with Gasteiger partial charge in [0.05, 0.1) is 0 Å². The Labute approximate surface area is 99.2 Å². The van der Waals surface area contributed by atoms with Crippen LogP contribution in [0.3, 0.4) is 0 Å². The van der Waals surface area contributed by atoms with Crippen LogP contribution in [0.15, 0.2) is 0 Å². The maximum Gasteiger partial charge on any atom is 0.326 e. The summed E-state index contributed by atoms with van der Waals surface area (Å²) >= 11 is 1.76. The molecule has 0 aromatic rings. The van der Waals surface area contributed by atoms with Gasteiger partial charge in [-0.3, -0.25) is 4.79 Å². The first-order valence-corrected chi connectivity index (χ1v) is 6.64. The number of amides is 1. The van der Waals surface area contributed by atoms with Gasteiger partial charge in [0.2, 0.25) is 5.91 Å². The first-order chi connectivity index (χ1) is 7.39. The molecule has 0 saturated carbocycles. The molecule has 1 amide bonds. The summed E-state index contributed by atoms with van der Waals surface area (Å²) in [4.78, 5) is 22.8. The summed E-state index contributed by atoms with van der Waals surface area (Å²) in [6.07, 6.45) is 1.32. The maximum absolute atomic E-state index is 11.5. The third-order valence-electron chi connectivity index (χ3n) is 4.16. The molecule has 2 N–H and O–H groups in total. The lowest BCUT2D eigenvalue weighted by Gasteiger charge is -2.48. The molecule has 0 bridgehead atoms. The molecule has 90 valence electrons. The van der Waals surface area contributed by atoms with Crippen LogP contribution in [-0.4, -0.2) is 34.5 Å². The van der Waals surface area contributed by atoms with Crippen molar-refractivity contribution in [1.29, 1.82) is 0 Å². The van der Waals surface area contributed by atoms with Gasteiger partial charge >= 0.3 is 5.97 Å². The number of hydrogen-bond acceptors (Lipinski definition) is 3. The van der Waals surface area contributed by atoms with Crippen LogP contribution >= 0.6 is 11.8 Å². The average Bonchev–Trinajstić information content (AvgIpc) is 2.50. The second-order valence-corrected chi connectivity index (χ2v) is 6.46. The summed E-state index contributed by atoms with van der Waals surface area (Å²) in [6, 6.07) is -0.720. The summed E-state index contributed by atoms with van der Waals surface area (Å²) in [6.45, 7) is 4.17.